The van der Waals surface area contributed by atoms with Crippen LogP contribution in [0.15, 0.2) is 59.7 Å². The highest BCUT2D eigenvalue weighted by Gasteiger charge is 2.20. The summed E-state index contributed by atoms with van der Waals surface area (Å²) in [5.74, 6) is 0.521. The third-order valence-electron chi connectivity index (χ3n) is 8.55. The third kappa shape index (κ3) is 5.17. The Bertz CT molecular complexity index is 1860. The molecular weight excluding hydrogens is 524 g/mol. The zero-order valence-electron chi connectivity index (χ0n) is 25.0. The number of aromatic amines is 1. The van der Waals surface area contributed by atoms with E-state index in [2.05, 4.69) is 71.4 Å². The maximum absolute atomic E-state index is 13.7. The molecule has 216 valence electrons. The second kappa shape index (κ2) is 11.1. The predicted octanol–water partition coefficient (Wildman–Crippen LogP) is 6.30. The molecule has 42 heavy (non-hydrogen) atoms. The molecule has 1 aliphatic rings. The van der Waals surface area contributed by atoms with E-state index < -0.39 is 0 Å². The summed E-state index contributed by atoms with van der Waals surface area (Å²) < 4.78 is 1.94. The number of piperidine rings is 1. The van der Waals surface area contributed by atoms with E-state index in [1.165, 1.54) is 18.5 Å². The number of nitrogens with one attached hydrogen (secondary N) is 2. The normalized spacial score (nSPS) is 14.3. The largest absolute Gasteiger partial charge is 0.371 e. The van der Waals surface area contributed by atoms with Crippen LogP contribution in [-0.4, -0.2) is 38.7 Å². The number of rotatable bonds is 6. The highest BCUT2D eigenvalue weighted by molar-refractivity contribution is 6.08. The number of pyridine rings is 2. The number of carbonyl (C=O) groups is 1. The minimum atomic E-state index is -0.245. The number of hydrogen-bond acceptors (Lipinski definition) is 5. The van der Waals surface area contributed by atoms with Crippen LogP contribution in [0.2, 0.25) is 0 Å². The van der Waals surface area contributed by atoms with Gasteiger partial charge >= 0.3 is 0 Å². The molecule has 1 fully saturated rings. The van der Waals surface area contributed by atoms with Gasteiger partial charge < -0.3 is 15.2 Å². The molecule has 3 aromatic heterocycles. The second-order valence-electron chi connectivity index (χ2n) is 12.0. The number of nitrogens with zero attached hydrogens (tertiary/aromatic N) is 4. The highest BCUT2D eigenvalue weighted by Crippen LogP contribution is 2.34. The van der Waals surface area contributed by atoms with E-state index in [-0.39, 0.29) is 24.1 Å². The lowest BCUT2D eigenvalue weighted by atomic mass is 9.96. The molecule has 1 amide bonds. The van der Waals surface area contributed by atoms with Crippen molar-refractivity contribution in [1.29, 1.82) is 0 Å². The molecule has 0 aliphatic carbocycles. The van der Waals surface area contributed by atoms with Gasteiger partial charge in [-0.25, -0.2) is 0 Å². The second-order valence-corrected chi connectivity index (χ2v) is 12.0. The third-order valence-corrected chi connectivity index (χ3v) is 8.55. The molecule has 0 bridgehead atoms. The van der Waals surface area contributed by atoms with Gasteiger partial charge in [-0.15, -0.1) is 0 Å². The summed E-state index contributed by atoms with van der Waals surface area (Å²) in [6.07, 6.45) is 6.05. The monoisotopic (exact) mass is 562 g/mol. The number of carbonyl (C=O) groups excluding carboxylic acids is 1. The van der Waals surface area contributed by atoms with Crippen LogP contribution in [0.4, 0.5) is 5.69 Å². The maximum Gasteiger partial charge on any atom is 0.253 e. The summed E-state index contributed by atoms with van der Waals surface area (Å²) in [7, 11) is 0. The van der Waals surface area contributed by atoms with Crippen molar-refractivity contribution in [3.8, 4) is 11.1 Å². The van der Waals surface area contributed by atoms with Crippen molar-refractivity contribution in [2.24, 2.45) is 5.92 Å². The van der Waals surface area contributed by atoms with Crippen LogP contribution in [0.5, 0.6) is 0 Å². The van der Waals surface area contributed by atoms with Crippen molar-refractivity contribution in [3.63, 3.8) is 0 Å². The molecule has 1 aliphatic heterocycles. The fourth-order valence-electron chi connectivity index (χ4n) is 6.11. The molecule has 6 rings (SSSR count). The first-order valence-corrected chi connectivity index (χ1v) is 14.8. The minimum Gasteiger partial charge on any atom is -0.371 e. The van der Waals surface area contributed by atoms with Crippen LogP contribution in [0, 0.1) is 19.8 Å². The molecule has 8 heteroatoms. The predicted molar refractivity (Wildman–Crippen MR) is 169 cm³/mol. The lowest BCUT2D eigenvalue weighted by molar-refractivity contribution is 0.0952. The first-order valence-electron chi connectivity index (χ1n) is 14.8. The summed E-state index contributed by atoms with van der Waals surface area (Å²) in [6.45, 7) is 12.5. The molecule has 5 aromatic rings. The summed E-state index contributed by atoms with van der Waals surface area (Å²) in [5, 5.41) is 9.52. The van der Waals surface area contributed by atoms with Gasteiger partial charge in [0, 0.05) is 59.6 Å². The Balaban J connectivity index is 1.39. The summed E-state index contributed by atoms with van der Waals surface area (Å²) in [5.41, 5.74) is 7.50. The Morgan fingerprint density at radius 3 is 2.57 bits per heavy atom. The smallest absolute Gasteiger partial charge is 0.253 e. The van der Waals surface area contributed by atoms with E-state index in [1.807, 2.05) is 36.9 Å². The first kappa shape index (κ1) is 27.7. The van der Waals surface area contributed by atoms with Gasteiger partial charge in [-0.1, -0.05) is 19.1 Å². The van der Waals surface area contributed by atoms with Crippen LogP contribution < -0.4 is 15.8 Å². The molecule has 0 spiro atoms. The van der Waals surface area contributed by atoms with Gasteiger partial charge in [0.1, 0.15) is 0 Å². The van der Waals surface area contributed by atoms with Crippen LogP contribution in [0.3, 0.4) is 0 Å². The Morgan fingerprint density at radius 2 is 1.83 bits per heavy atom. The number of amides is 1. The summed E-state index contributed by atoms with van der Waals surface area (Å²) >= 11 is 0. The Morgan fingerprint density at radius 1 is 1.05 bits per heavy atom. The molecule has 2 N–H and O–H groups in total. The Labute approximate surface area is 245 Å². The zero-order valence-corrected chi connectivity index (χ0v) is 25.0. The van der Waals surface area contributed by atoms with E-state index in [0.717, 1.165) is 63.2 Å². The minimum absolute atomic E-state index is 0.121. The van der Waals surface area contributed by atoms with Crippen LogP contribution >= 0.6 is 0 Å². The summed E-state index contributed by atoms with van der Waals surface area (Å²) in [4.78, 5) is 36.2. The number of fused-ring (bicyclic) bond motifs is 2. The van der Waals surface area contributed by atoms with Gasteiger partial charge in [-0.2, -0.15) is 5.10 Å². The van der Waals surface area contributed by atoms with E-state index in [9.17, 15) is 9.59 Å². The highest BCUT2D eigenvalue weighted by atomic mass is 16.1. The van der Waals surface area contributed by atoms with E-state index >= 15 is 0 Å². The number of anilines is 1. The van der Waals surface area contributed by atoms with Crippen LogP contribution in [0.1, 0.15) is 66.8 Å². The number of H-pyrrole nitrogens is 1. The molecule has 4 heterocycles. The van der Waals surface area contributed by atoms with Gasteiger partial charge in [0.15, 0.2) is 0 Å². The molecule has 0 saturated carbocycles. The van der Waals surface area contributed by atoms with Crippen LogP contribution in [-0.2, 0) is 6.54 Å². The molecule has 8 nitrogen and oxygen atoms in total. The van der Waals surface area contributed by atoms with E-state index in [1.54, 1.807) is 6.20 Å². The molecule has 0 radical (unpaired) electrons. The first-order chi connectivity index (χ1) is 20.2. The lowest BCUT2D eigenvalue weighted by Gasteiger charge is -2.32. The van der Waals surface area contributed by atoms with Gasteiger partial charge in [-0.05, 0) is 93.5 Å². The molecule has 0 unspecified atom stereocenters. The zero-order chi connectivity index (χ0) is 29.5. The van der Waals surface area contributed by atoms with E-state index in [0.29, 0.717) is 11.1 Å². The van der Waals surface area contributed by atoms with Crippen LogP contribution in [0.25, 0.3) is 32.9 Å². The van der Waals surface area contributed by atoms with Crippen molar-refractivity contribution in [1.82, 2.24) is 25.1 Å². The van der Waals surface area contributed by atoms with Gasteiger partial charge in [-0.3, -0.25) is 19.3 Å². The van der Waals surface area contributed by atoms with Gasteiger partial charge in [0.05, 0.1) is 22.8 Å². The number of hydrogen-bond donors (Lipinski definition) is 2. The average molecular weight is 563 g/mol. The SMILES string of the molecule is Cc1cc(C)c(CNC(=O)c2cc(-c3ccc4c(N5CCC(C)CC5)ccnc4c3)cc3c2cnn3C(C)C)c(=O)[nH]1. The van der Waals surface area contributed by atoms with Crippen molar-refractivity contribution in [2.45, 2.75) is 60.0 Å². The topological polar surface area (TPSA) is 95.9 Å². The number of benzene rings is 2. The van der Waals surface area contributed by atoms with Gasteiger partial charge in [0.25, 0.3) is 11.5 Å². The fourth-order valence-corrected chi connectivity index (χ4v) is 6.11. The molecule has 1 saturated heterocycles. The standard InChI is InChI=1S/C34H38N6O2/c1-20(2)40-32-17-25(24-6-7-26-30(16-24)35-11-8-31(26)39-12-9-21(3)10-13-39)15-27(29(32)19-37-40)33(41)36-18-28-22(4)14-23(5)38-34(28)42/h6-8,11,14-17,19-21H,9-10,12-13,18H2,1-5H3,(H,36,41)(H,38,42). The van der Waals surface area contributed by atoms with Gasteiger partial charge in [0.2, 0.25) is 0 Å². The quantitative estimate of drug-likeness (QED) is 0.253. The molecule has 2 aromatic carbocycles. The number of aryl methyl sites for hydroxylation is 2. The fraction of sp³-hybridized carbons (Fsp3) is 0.353. The molecular formula is C34H38N6O2. The lowest BCUT2D eigenvalue weighted by Crippen LogP contribution is -2.32. The van der Waals surface area contributed by atoms with Crippen molar-refractivity contribution in [3.05, 3.63) is 87.6 Å². The summed E-state index contributed by atoms with van der Waals surface area (Å²) in [6, 6.07) is 14.6. The Hall–Kier alpha value is -4.46. The van der Waals surface area contributed by atoms with Crippen molar-refractivity contribution < 1.29 is 4.79 Å². The van der Waals surface area contributed by atoms with Crippen molar-refractivity contribution >= 4 is 33.4 Å². The van der Waals surface area contributed by atoms with E-state index in [4.69, 9.17) is 4.98 Å². The number of aromatic nitrogens is 4. The Kier molecular flexibility index (Phi) is 7.31. The maximum atomic E-state index is 13.7. The average Bonchev–Trinajstić information content (AvgIpc) is 3.40. The molecule has 0 atom stereocenters. The van der Waals surface area contributed by atoms with Crippen molar-refractivity contribution in [2.75, 3.05) is 18.0 Å².